The Balaban J connectivity index is 1.98. The van der Waals surface area contributed by atoms with E-state index >= 15 is 0 Å². The number of rotatable bonds is 2. The Hall–Kier alpha value is -2.56. The maximum absolute atomic E-state index is 13.3. The number of hydrogen-bond donors (Lipinski definition) is 1. The summed E-state index contributed by atoms with van der Waals surface area (Å²) in [7, 11) is 0. The molecule has 1 saturated carbocycles. The Kier molecular flexibility index (Phi) is 5.37. The summed E-state index contributed by atoms with van der Waals surface area (Å²) in [5.41, 5.74) is 0.755. The van der Waals surface area contributed by atoms with Gasteiger partial charge in [-0.2, -0.15) is 0 Å². The average Bonchev–Trinajstić information content (AvgIpc) is 2.64. The summed E-state index contributed by atoms with van der Waals surface area (Å²) in [5.74, 6) is -0.0432. The highest BCUT2D eigenvalue weighted by molar-refractivity contribution is 6.03. The van der Waals surface area contributed by atoms with Crippen molar-refractivity contribution in [2.45, 2.75) is 53.1 Å². The SMILES string of the molecule is CC(C)(C)OC(=O)N1CC=C2[C@@](C)(C/C(=C/O)C(=O)[C@]2(C)Cc2ccccc2)C1. The Labute approximate surface area is 173 Å². The van der Waals surface area contributed by atoms with Gasteiger partial charge in [0.05, 0.1) is 11.7 Å². The van der Waals surface area contributed by atoms with E-state index < -0.39 is 16.4 Å². The van der Waals surface area contributed by atoms with Crippen molar-refractivity contribution >= 4 is 11.9 Å². The first-order valence-electron chi connectivity index (χ1n) is 10.1. The van der Waals surface area contributed by atoms with Crippen LogP contribution in [0.1, 0.15) is 46.6 Å². The number of fused-ring (bicyclic) bond motifs is 1. The molecule has 0 spiro atoms. The number of Topliss-reactive ketones (excluding diaryl/α,β-unsaturated/α-hetero) is 1. The normalized spacial score (nSPS) is 28.7. The molecule has 1 aliphatic heterocycles. The minimum Gasteiger partial charge on any atom is -0.515 e. The molecule has 1 amide bonds. The number of carbonyl (C=O) groups excluding carboxylic acids is 2. The van der Waals surface area contributed by atoms with E-state index in [0.29, 0.717) is 31.5 Å². The van der Waals surface area contributed by atoms with Crippen molar-refractivity contribution in [2.75, 3.05) is 13.1 Å². The Morgan fingerprint density at radius 1 is 1.24 bits per heavy atom. The lowest BCUT2D eigenvalue weighted by Crippen LogP contribution is -2.54. The van der Waals surface area contributed by atoms with Crippen molar-refractivity contribution in [1.29, 1.82) is 0 Å². The van der Waals surface area contributed by atoms with Crippen LogP contribution in [0.2, 0.25) is 0 Å². The molecule has 1 N–H and O–H groups in total. The zero-order valence-electron chi connectivity index (χ0n) is 18.0. The number of amides is 1. The van der Waals surface area contributed by atoms with Crippen LogP contribution in [-0.4, -0.2) is 40.6 Å². The van der Waals surface area contributed by atoms with Crippen molar-refractivity contribution < 1.29 is 19.4 Å². The highest BCUT2D eigenvalue weighted by Crippen LogP contribution is 2.54. The van der Waals surface area contributed by atoms with E-state index in [1.807, 2.05) is 64.1 Å². The molecule has 0 bridgehead atoms. The topological polar surface area (TPSA) is 66.8 Å². The molecule has 1 aromatic rings. The van der Waals surface area contributed by atoms with Crippen LogP contribution in [0, 0.1) is 10.8 Å². The lowest BCUT2D eigenvalue weighted by atomic mass is 9.55. The van der Waals surface area contributed by atoms with E-state index in [1.54, 1.807) is 4.90 Å². The van der Waals surface area contributed by atoms with E-state index in [9.17, 15) is 14.7 Å². The summed E-state index contributed by atoms with van der Waals surface area (Å²) >= 11 is 0. The highest BCUT2D eigenvalue weighted by Gasteiger charge is 2.53. The first-order valence-corrected chi connectivity index (χ1v) is 10.1. The van der Waals surface area contributed by atoms with Gasteiger partial charge in [0.25, 0.3) is 0 Å². The number of nitrogens with zero attached hydrogens (tertiary/aromatic N) is 1. The van der Waals surface area contributed by atoms with Crippen molar-refractivity contribution in [3.05, 3.63) is 59.4 Å². The second-order valence-corrected chi connectivity index (χ2v) is 9.69. The summed E-state index contributed by atoms with van der Waals surface area (Å²) in [6.07, 6.45) is 3.56. The molecule has 0 saturated heterocycles. The monoisotopic (exact) mass is 397 g/mol. The largest absolute Gasteiger partial charge is 0.515 e. The first-order chi connectivity index (χ1) is 13.5. The fourth-order valence-electron chi connectivity index (χ4n) is 4.79. The second kappa shape index (κ2) is 7.36. The van der Waals surface area contributed by atoms with Crippen LogP contribution in [-0.2, 0) is 16.0 Å². The third kappa shape index (κ3) is 4.09. The third-order valence-electron chi connectivity index (χ3n) is 5.88. The maximum Gasteiger partial charge on any atom is 0.410 e. The van der Waals surface area contributed by atoms with Gasteiger partial charge in [0, 0.05) is 24.1 Å². The molecule has 1 aliphatic carbocycles. The Morgan fingerprint density at radius 3 is 2.48 bits per heavy atom. The average molecular weight is 398 g/mol. The number of benzene rings is 1. The standard InChI is InChI=1S/C24H31NO4/c1-22(2,3)29-21(28)25-12-11-19-23(4,16-25)14-18(15-26)20(27)24(19,5)13-17-9-7-6-8-10-17/h6-11,15,26H,12-14,16H2,1-5H3/b18-15-/t23-,24+/m0/s1. The lowest BCUT2D eigenvalue weighted by Gasteiger charge is -2.51. The number of ether oxygens (including phenoxy) is 1. The molecule has 2 aliphatic rings. The first kappa shape index (κ1) is 21.2. The molecule has 2 atom stereocenters. The molecular formula is C24H31NO4. The molecular weight excluding hydrogens is 366 g/mol. The van der Waals surface area contributed by atoms with Gasteiger partial charge >= 0.3 is 6.09 Å². The van der Waals surface area contributed by atoms with Crippen LogP contribution in [0.5, 0.6) is 0 Å². The Morgan fingerprint density at radius 2 is 1.90 bits per heavy atom. The second-order valence-electron chi connectivity index (χ2n) is 9.69. The van der Waals surface area contributed by atoms with Crippen molar-refractivity contribution in [3.8, 4) is 0 Å². The minimum absolute atomic E-state index is 0.0432. The van der Waals surface area contributed by atoms with Gasteiger partial charge in [-0.25, -0.2) is 4.79 Å². The molecule has 1 aromatic carbocycles. The summed E-state index contributed by atoms with van der Waals surface area (Å²) in [5, 5.41) is 9.78. The predicted octanol–water partition coefficient (Wildman–Crippen LogP) is 4.83. The fraction of sp³-hybridized carbons (Fsp3) is 0.500. The van der Waals surface area contributed by atoms with E-state index in [0.717, 1.165) is 17.4 Å². The summed E-state index contributed by atoms with van der Waals surface area (Å²) < 4.78 is 5.55. The fourth-order valence-corrected chi connectivity index (χ4v) is 4.79. The number of aliphatic hydroxyl groups excluding tert-OH is 1. The molecule has 3 rings (SSSR count). The minimum atomic E-state index is -0.761. The quantitative estimate of drug-likeness (QED) is 0.441. The van der Waals surface area contributed by atoms with Gasteiger partial charge < -0.3 is 14.7 Å². The van der Waals surface area contributed by atoms with Crippen molar-refractivity contribution in [1.82, 2.24) is 4.90 Å². The molecule has 0 aromatic heterocycles. The molecule has 1 fully saturated rings. The molecule has 5 nitrogen and oxygen atoms in total. The van der Waals surface area contributed by atoms with Gasteiger partial charge in [-0.15, -0.1) is 0 Å². The smallest absolute Gasteiger partial charge is 0.410 e. The van der Waals surface area contributed by atoms with Crippen molar-refractivity contribution in [3.63, 3.8) is 0 Å². The van der Waals surface area contributed by atoms with Crippen LogP contribution < -0.4 is 0 Å². The van der Waals surface area contributed by atoms with E-state index in [1.165, 1.54) is 0 Å². The molecule has 156 valence electrons. The zero-order chi connectivity index (χ0) is 21.4. The summed E-state index contributed by atoms with van der Waals surface area (Å²) in [6, 6.07) is 9.92. The lowest BCUT2D eigenvalue weighted by molar-refractivity contribution is -0.125. The third-order valence-corrected chi connectivity index (χ3v) is 5.88. The number of aliphatic hydroxyl groups is 1. The maximum atomic E-state index is 13.3. The van der Waals surface area contributed by atoms with Crippen LogP contribution in [0.25, 0.3) is 0 Å². The molecule has 5 heteroatoms. The number of carbonyl (C=O) groups is 2. The predicted molar refractivity (Wildman–Crippen MR) is 113 cm³/mol. The number of allylic oxidation sites excluding steroid dienone is 1. The van der Waals surface area contributed by atoms with Gasteiger partial charge in [0.1, 0.15) is 5.60 Å². The van der Waals surface area contributed by atoms with Crippen LogP contribution >= 0.6 is 0 Å². The van der Waals surface area contributed by atoms with Gasteiger partial charge in [-0.3, -0.25) is 4.79 Å². The van der Waals surface area contributed by atoms with Crippen LogP contribution in [0.4, 0.5) is 4.79 Å². The highest BCUT2D eigenvalue weighted by atomic mass is 16.6. The van der Waals surface area contributed by atoms with Gasteiger partial charge in [0.2, 0.25) is 0 Å². The van der Waals surface area contributed by atoms with Gasteiger partial charge in [-0.05, 0) is 46.1 Å². The van der Waals surface area contributed by atoms with Crippen molar-refractivity contribution in [2.24, 2.45) is 10.8 Å². The van der Waals surface area contributed by atoms with Crippen LogP contribution in [0.15, 0.2) is 53.8 Å². The number of hydrogen-bond acceptors (Lipinski definition) is 4. The summed E-state index contributed by atoms with van der Waals surface area (Å²) in [6.45, 7) is 10.4. The Bertz CT molecular complexity index is 865. The number of ketones is 1. The van der Waals surface area contributed by atoms with Crippen LogP contribution in [0.3, 0.4) is 0 Å². The van der Waals surface area contributed by atoms with E-state index in [2.05, 4.69) is 6.92 Å². The molecule has 0 unspecified atom stereocenters. The van der Waals surface area contributed by atoms with Gasteiger partial charge in [0.15, 0.2) is 5.78 Å². The zero-order valence-corrected chi connectivity index (χ0v) is 18.0. The summed E-state index contributed by atoms with van der Waals surface area (Å²) in [4.78, 5) is 27.6. The molecule has 29 heavy (non-hydrogen) atoms. The molecule has 1 heterocycles. The van der Waals surface area contributed by atoms with Gasteiger partial charge in [-0.1, -0.05) is 48.9 Å². The molecule has 0 radical (unpaired) electrons. The van der Waals surface area contributed by atoms with E-state index in [4.69, 9.17) is 4.74 Å². The van der Waals surface area contributed by atoms with E-state index in [-0.39, 0.29) is 11.9 Å².